The molecule has 1 heterocycles. The quantitative estimate of drug-likeness (QED) is 0.932. The Labute approximate surface area is 106 Å². The van der Waals surface area contributed by atoms with Crippen molar-refractivity contribution in [2.45, 2.75) is 13.3 Å². The number of rotatable bonds is 3. The van der Waals surface area contributed by atoms with Crippen molar-refractivity contribution in [3.8, 4) is 0 Å². The Hall–Kier alpha value is -1.89. The van der Waals surface area contributed by atoms with Crippen molar-refractivity contribution in [1.29, 1.82) is 0 Å². The van der Waals surface area contributed by atoms with Crippen LogP contribution in [0.15, 0.2) is 18.2 Å². The lowest BCUT2D eigenvalue weighted by Crippen LogP contribution is -2.12. The summed E-state index contributed by atoms with van der Waals surface area (Å²) in [4.78, 5) is 11.7. The number of carbonyl (C=O) groups is 1. The number of amides is 1. The lowest BCUT2D eigenvalue weighted by atomic mass is 10.2. The Morgan fingerprint density at radius 1 is 1.33 bits per heavy atom. The van der Waals surface area contributed by atoms with Gasteiger partial charge in [-0.25, -0.2) is 8.78 Å². The van der Waals surface area contributed by atoms with Gasteiger partial charge in [-0.3, -0.25) is 10.1 Å². The van der Waals surface area contributed by atoms with E-state index in [1.165, 1.54) is 17.4 Å². The first-order chi connectivity index (χ1) is 8.60. The van der Waals surface area contributed by atoms with E-state index in [1.54, 1.807) is 0 Å². The number of nitrogens with one attached hydrogen (secondary N) is 1. The van der Waals surface area contributed by atoms with Crippen LogP contribution in [0.2, 0.25) is 0 Å². The van der Waals surface area contributed by atoms with Gasteiger partial charge < -0.3 is 0 Å². The van der Waals surface area contributed by atoms with Crippen molar-refractivity contribution in [3.63, 3.8) is 0 Å². The van der Waals surface area contributed by atoms with Gasteiger partial charge >= 0.3 is 0 Å². The van der Waals surface area contributed by atoms with Gasteiger partial charge in [0.15, 0.2) is 11.6 Å². The van der Waals surface area contributed by atoms with E-state index in [1.807, 2.05) is 6.92 Å². The summed E-state index contributed by atoms with van der Waals surface area (Å²) in [6, 6.07) is 2.95. The molecule has 0 aliphatic carbocycles. The fraction of sp³-hybridized carbons (Fsp3) is 0.182. The van der Waals surface area contributed by atoms with Crippen molar-refractivity contribution in [2.75, 3.05) is 5.32 Å². The second-order valence-electron chi connectivity index (χ2n) is 3.44. The van der Waals surface area contributed by atoms with E-state index in [0.717, 1.165) is 23.6 Å². The zero-order valence-electron chi connectivity index (χ0n) is 9.41. The Morgan fingerprint density at radius 2 is 2.11 bits per heavy atom. The molecule has 2 rings (SSSR count). The summed E-state index contributed by atoms with van der Waals surface area (Å²) in [5.41, 5.74) is 0.0298. The number of anilines is 1. The molecule has 0 atom stereocenters. The SMILES string of the molecule is CCc1nnc(NC(=O)c2ccc(F)c(F)c2)s1. The molecule has 0 fully saturated rings. The third-order valence-electron chi connectivity index (χ3n) is 2.17. The molecule has 18 heavy (non-hydrogen) atoms. The van der Waals surface area contributed by atoms with Crippen LogP contribution in [0.5, 0.6) is 0 Å². The zero-order chi connectivity index (χ0) is 13.1. The molecule has 1 aromatic carbocycles. The van der Waals surface area contributed by atoms with Gasteiger partial charge in [-0.1, -0.05) is 18.3 Å². The predicted octanol–water partition coefficient (Wildman–Crippen LogP) is 2.63. The minimum atomic E-state index is -1.06. The van der Waals surface area contributed by atoms with Crippen LogP contribution in [0.1, 0.15) is 22.3 Å². The highest BCUT2D eigenvalue weighted by molar-refractivity contribution is 7.15. The number of halogens is 2. The van der Waals surface area contributed by atoms with Gasteiger partial charge in [-0.05, 0) is 24.6 Å². The molecule has 0 aliphatic rings. The number of benzene rings is 1. The number of nitrogens with zero attached hydrogens (tertiary/aromatic N) is 2. The molecule has 0 saturated heterocycles. The van der Waals surface area contributed by atoms with Gasteiger partial charge in [-0.2, -0.15) is 0 Å². The van der Waals surface area contributed by atoms with E-state index in [4.69, 9.17) is 0 Å². The van der Waals surface area contributed by atoms with Gasteiger partial charge in [-0.15, -0.1) is 10.2 Å². The monoisotopic (exact) mass is 269 g/mol. The lowest BCUT2D eigenvalue weighted by molar-refractivity contribution is 0.102. The second-order valence-corrected chi connectivity index (χ2v) is 4.50. The zero-order valence-corrected chi connectivity index (χ0v) is 10.2. The topological polar surface area (TPSA) is 54.9 Å². The molecule has 4 nitrogen and oxygen atoms in total. The highest BCUT2D eigenvalue weighted by Gasteiger charge is 2.12. The summed E-state index contributed by atoms with van der Waals surface area (Å²) >= 11 is 1.24. The van der Waals surface area contributed by atoms with E-state index < -0.39 is 17.5 Å². The number of aryl methyl sites for hydroxylation is 1. The molecule has 2 aromatic rings. The molecule has 7 heteroatoms. The Kier molecular flexibility index (Phi) is 3.61. The Bertz CT molecular complexity index is 585. The second kappa shape index (κ2) is 5.18. The predicted molar refractivity (Wildman–Crippen MR) is 63.6 cm³/mol. The molecule has 0 bridgehead atoms. The minimum absolute atomic E-state index is 0.0298. The molecule has 1 amide bonds. The standard InChI is InChI=1S/C11H9F2N3OS/c1-2-9-15-16-11(18-9)14-10(17)6-3-4-7(12)8(13)5-6/h3-5H,2H2,1H3,(H,14,16,17). The molecule has 0 aliphatic heterocycles. The number of aromatic nitrogens is 2. The molecule has 0 saturated carbocycles. The maximum Gasteiger partial charge on any atom is 0.257 e. The molecule has 0 radical (unpaired) electrons. The summed E-state index contributed by atoms with van der Waals surface area (Å²) in [5, 5.41) is 11.2. The van der Waals surface area contributed by atoms with Gasteiger partial charge in [0.05, 0.1) is 0 Å². The minimum Gasteiger partial charge on any atom is -0.296 e. The van der Waals surface area contributed by atoms with E-state index in [-0.39, 0.29) is 5.56 Å². The number of hydrogen-bond donors (Lipinski definition) is 1. The third kappa shape index (κ3) is 2.67. The molecular weight excluding hydrogens is 260 g/mol. The maximum atomic E-state index is 13.0. The summed E-state index contributed by atoms with van der Waals surface area (Å²) in [6.45, 7) is 1.92. The van der Waals surface area contributed by atoms with Crippen LogP contribution >= 0.6 is 11.3 Å². The van der Waals surface area contributed by atoms with Crippen LogP contribution < -0.4 is 5.32 Å². The number of hydrogen-bond acceptors (Lipinski definition) is 4. The first-order valence-electron chi connectivity index (χ1n) is 5.19. The number of carbonyl (C=O) groups excluding carboxylic acids is 1. The largest absolute Gasteiger partial charge is 0.296 e. The Balaban J connectivity index is 2.14. The van der Waals surface area contributed by atoms with Crippen LogP contribution in [0.3, 0.4) is 0 Å². The van der Waals surface area contributed by atoms with E-state index in [2.05, 4.69) is 15.5 Å². The first-order valence-corrected chi connectivity index (χ1v) is 6.00. The van der Waals surface area contributed by atoms with E-state index >= 15 is 0 Å². The molecule has 1 N–H and O–H groups in total. The third-order valence-corrected chi connectivity index (χ3v) is 3.15. The average molecular weight is 269 g/mol. The molecule has 0 unspecified atom stereocenters. The molecule has 94 valence electrons. The average Bonchev–Trinajstić information content (AvgIpc) is 2.80. The van der Waals surface area contributed by atoms with Crippen molar-refractivity contribution < 1.29 is 13.6 Å². The van der Waals surface area contributed by atoms with Crippen molar-refractivity contribution in [3.05, 3.63) is 40.4 Å². The van der Waals surface area contributed by atoms with Crippen molar-refractivity contribution >= 4 is 22.4 Å². The summed E-state index contributed by atoms with van der Waals surface area (Å²) in [7, 11) is 0. The fourth-order valence-electron chi connectivity index (χ4n) is 1.25. The van der Waals surface area contributed by atoms with E-state index in [9.17, 15) is 13.6 Å². The molecule has 0 spiro atoms. The molecular formula is C11H9F2N3OS. The van der Waals surface area contributed by atoms with Crippen LogP contribution in [-0.4, -0.2) is 16.1 Å². The smallest absolute Gasteiger partial charge is 0.257 e. The van der Waals surface area contributed by atoms with Gasteiger partial charge in [0, 0.05) is 5.56 Å². The maximum absolute atomic E-state index is 13.0. The van der Waals surface area contributed by atoms with Crippen molar-refractivity contribution in [1.82, 2.24) is 10.2 Å². The van der Waals surface area contributed by atoms with Crippen LogP contribution in [0.4, 0.5) is 13.9 Å². The Morgan fingerprint density at radius 3 is 2.72 bits per heavy atom. The van der Waals surface area contributed by atoms with Gasteiger partial charge in [0.1, 0.15) is 5.01 Å². The highest BCUT2D eigenvalue weighted by atomic mass is 32.1. The lowest BCUT2D eigenvalue weighted by Gasteiger charge is -2.01. The van der Waals surface area contributed by atoms with Crippen LogP contribution in [-0.2, 0) is 6.42 Å². The van der Waals surface area contributed by atoms with E-state index in [0.29, 0.717) is 5.13 Å². The summed E-state index contributed by atoms with van der Waals surface area (Å²) in [6.07, 6.45) is 0.721. The summed E-state index contributed by atoms with van der Waals surface area (Å²) < 4.78 is 25.7. The summed E-state index contributed by atoms with van der Waals surface area (Å²) in [5.74, 6) is -2.60. The van der Waals surface area contributed by atoms with Gasteiger partial charge in [0.2, 0.25) is 5.13 Å². The van der Waals surface area contributed by atoms with Crippen LogP contribution in [0, 0.1) is 11.6 Å². The van der Waals surface area contributed by atoms with Crippen LogP contribution in [0.25, 0.3) is 0 Å². The first kappa shape index (κ1) is 12.6. The normalized spacial score (nSPS) is 10.4. The van der Waals surface area contributed by atoms with Crippen molar-refractivity contribution in [2.24, 2.45) is 0 Å². The highest BCUT2D eigenvalue weighted by Crippen LogP contribution is 2.17. The fourth-order valence-corrected chi connectivity index (χ4v) is 1.93. The molecule has 1 aromatic heterocycles. The van der Waals surface area contributed by atoms with Gasteiger partial charge in [0.25, 0.3) is 5.91 Å².